The second-order valence-corrected chi connectivity index (χ2v) is 4.64. The molecule has 2 N–H and O–H groups in total. The van der Waals surface area contributed by atoms with Gasteiger partial charge in [0.2, 0.25) is 5.89 Å². The van der Waals surface area contributed by atoms with E-state index >= 15 is 0 Å². The lowest BCUT2D eigenvalue weighted by Gasteiger charge is -2.05. The molecular formula is C13H18N4O2. The number of hydrogen-bond donors (Lipinski definition) is 2. The molecule has 0 saturated heterocycles. The topological polar surface area (TPSA) is 83.8 Å². The molecular weight excluding hydrogens is 244 g/mol. The minimum Gasteiger partial charge on any atom is -0.420 e. The molecule has 6 nitrogen and oxygen atoms in total. The zero-order valence-corrected chi connectivity index (χ0v) is 11.1. The number of aryl methyl sites for hydroxylation is 1. The van der Waals surface area contributed by atoms with Gasteiger partial charge in [-0.15, -0.1) is 10.2 Å². The lowest BCUT2D eigenvalue weighted by atomic mass is 10.3. The molecule has 0 aromatic carbocycles. The fourth-order valence-electron chi connectivity index (χ4n) is 1.68. The first-order chi connectivity index (χ1) is 9.16. The van der Waals surface area contributed by atoms with Crippen molar-refractivity contribution in [3.8, 4) is 11.5 Å². The number of nitrogens with zero attached hydrogens (tertiary/aromatic N) is 2. The maximum Gasteiger partial charge on any atom is 0.253 e. The third kappa shape index (κ3) is 3.75. The molecule has 6 heteroatoms. The largest absolute Gasteiger partial charge is 0.420 e. The molecule has 0 amide bonds. The van der Waals surface area contributed by atoms with Crippen LogP contribution < -0.4 is 10.7 Å². The zero-order chi connectivity index (χ0) is 13.7. The number of aromatic amines is 1. The van der Waals surface area contributed by atoms with E-state index in [4.69, 9.17) is 4.42 Å². The first kappa shape index (κ1) is 13.5. The highest BCUT2D eigenvalue weighted by Gasteiger charge is 2.11. The van der Waals surface area contributed by atoms with Crippen LogP contribution in [0.25, 0.3) is 11.5 Å². The van der Waals surface area contributed by atoms with Crippen molar-refractivity contribution in [1.29, 1.82) is 0 Å². The van der Waals surface area contributed by atoms with Crippen molar-refractivity contribution in [2.45, 2.75) is 32.7 Å². The molecule has 0 saturated carbocycles. The van der Waals surface area contributed by atoms with Crippen molar-refractivity contribution >= 4 is 0 Å². The molecule has 0 unspecified atom stereocenters. The third-order valence-corrected chi connectivity index (χ3v) is 2.64. The van der Waals surface area contributed by atoms with Crippen LogP contribution in [0.3, 0.4) is 0 Å². The van der Waals surface area contributed by atoms with Crippen LogP contribution in [-0.4, -0.2) is 27.8 Å². The van der Waals surface area contributed by atoms with Gasteiger partial charge >= 0.3 is 0 Å². The molecule has 0 aliphatic rings. The molecule has 0 bridgehead atoms. The summed E-state index contributed by atoms with van der Waals surface area (Å²) in [5, 5.41) is 11.2. The van der Waals surface area contributed by atoms with Gasteiger partial charge in [-0.25, -0.2) is 0 Å². The average molecular weight is 262 g/mol. The first-order valence-electron chi connectivity index (χ1n) is 6.40. The predicted octanol–water partition coefficient (Wildman–Crippen LogP) is 1.36. The van der Waals surface area contributed by atoms with E-state index in [0.29, 0.717) is 23.9 Å². The van der Waals surface area contributed by atoms with Gasteiger partial charge in [0, 0.05) is 30.9 Å². The maximum atomic E-state index is 11.6. The summed E-state index contributed by atoms with van der Waals surface area (Å²) < 4.78 is 5.49. The van der Waals surface area contributed by atoms with E-state index < -0.39 is 0 Å². The Kier molecular flexibility index (Phi) is 4.46. The number of hydrogen-bond acceptors (Lipinski definition) is 5. The maximum absolute atomic E-state index is 11.6. The molecule has 0 fully saturated rings. The summed E-state index contributed by atoms with van der Waals surface area (Å²) in [5.41, 5.74) is 0.275. The van der Waals surface area contributed by atoms with Crippen LogP contribution in [0.4, 0.5) is 0 Å². The fraction of sp³-hybridized carbons (Fsp3) is 0.462. The van der Waals surface area contributed by atoms with E-state index in [9.17, 15) is 4.79 Å². The van der Waals surface area contributed by atoms with Gasteiger partial charge in [0.1, 0.15) is 5.56 Å². The Balaban J connectivity index is 1.96. The van der Waals surface area contributed by atoms with Crippen LogP contribution >= 0.6 is 0 Å². The summed E-state index contributed by atoms with van der Waals surface area (Å²) in [6.45, 7) is 5.11. The SMILES string of the molecule is CC(C)NCCCc1nnc(-c2c[nH]ccc2=O)o1. The van der Waals surface area contributed by atoms with E-state index in [2.05, 4.69) is 34.3 Å². The van der Waals surface area contributed by atoms with Gasteiger partial charge in [-0.2, -0.15) is 0 Å². The van der Waals surface area contributed by atoms with Crippen LogP contribution in [0.5, 0.6) is 0 Å². The predicted molar refractivity (Wildman–Crippen MR) is 71.8 cm³/mol. The van der Waals surface area contributed by atoms with E-state index in [1.54, 1.807) is 12.4 Å². The Hall–Kier alpha value is -1.95. The first-order valence-corrected chi connectivity index (χ1v) is 6.40. The van der Waals surface area contributed by atoms with Gasteiger partial charge in [-0.1, -0.05) is 13.8 Å². The minimum atomic E-state index is -0.129. The Morgan fingerprint density at radius 1 is 1.42 bits per heavy atom. The Bertz CT molecular complexity index is 574. The van der Waals surface area contributed by atoms with Crippen LogP contribution in [0.15, 0.2) is 27.7 Å². The summed E-state index contributed by atoms with van der Waals surface area (Å²) in [6.07, 6.45) is 4.77. The summed E-state index contributed by atoms with van der Waals surface area (Å²) in [7, 11) is 0. The Morgan fingerprint density at radius 3 is 3.00 bits per heavy atom. The van der Waals surface area contributed by atoms with Gasteiger partial charge in [0.15, 0.2) is 5.43 Å². The standard InChI is InChI=1S/C13H18N4O2/c1-9(2)15-6-3-4-12-16-17-13(19-12)10-8-14-7-5-11(10)18/h5,7-9,15H,3-4,6H2,1-2H3,(H,14,18). The van der Waals surface area contributed by atoms with Crippen LogP contribution in [0.2, 0.25) is 0 Å². The normalized spacial score (nSPS) is 11.1. The van der Waals surface area contributed by atoms with E-state index in [-0.39, 0.29) is 11.3 Å². The lowest BCUT2D eigenvalue weighted by Crippen LogP contribution is -2.23. The molecule has 2 aromatic heterocycles. The molecule has 102 valence electrons. The zero-order valence-electron chi connectivity index (χ0n) is 11.1. The summed E-state index contributed by atoms with van der Waals surface area (Å²) >= 11 is 0. The van der Waals surface area contributed by atoms with Crippen LogP contribution in [0, 0.1) is 0 Å². The van der Waals surface area contributed by atoms with E-state index in [1.165, 1.54) is 6.07 Å². The smallest absolute Gasteiger partial charge is 0.253 e. The highest BCUT2D eigenvalue weighted by molar-refractivity contribution is 5.49. The number of H-pyrrole nitrogens is 1. The summed E-state index contributed by atoms with van der Waals surface area (Å²) in [4.78, 5) is 14.4. The van der Waals surface area contributed by atoms with Gasteiger partial charge in [-0.05, 0) is 13.0 Å². The second-order valence-electron chi connectivity index (χ2n) is 4.64. The Labute approximate surface area is 111 Å². The number of aromatic nitrogens is 3. The van der Waals surface area contributed by atoms with Crippen LogP contribution in [-0.2, 0) is 6.42 Å². The van der Waals surface area contributed by atoms with Gasteiger partial charge in [-0.3, -0.25) is 4.79 Å². The monoisotopic (exact) mass is 262 g/mol. The molecule has 0 atom stereocenters. The average Bonchev–Trinajstić information content (AvgIpc) is 2.83. The number of nitrogens with one attached hydrogen (secondary N) is 2. The number of pyridine rings is 1. The van der Waals surface area contributed by atoms with E-state index in [0.717, 1.165) is 13.0 Å². The van der Waals surface area contributed by atoms with Gasteiger partial charge in [0.25, 0.3) is 5.89 Å². The highest BCUT2D eigenvalue weighted by atomic mass is 16.4. The Morgan fingerprint density at radius 2 is 2.26 bits per heavy atom. The van der Waals surface area contributed by atoms with Crippen molar-refractivity contribution < 1.29 is 4.42 Å². The highest BCUT2D eigenvalue weighted by Crippen LogP contribution is 2.13. The number of rotatable bonds is 6. The molecule has 19 heavy (non-hydrogen) atoms. The molecule has 0 aliphatic carbocycles. The second kappa shape index (κ2) is 6.29. The molecule has 0 radical (unpaired) electrons. The summed E-state index contributed by atoms with van der Waals surface area (Å²) in [6, 6.07) is 1.91. The molecule has 0 spiro atoms. The molecule has 2 aromatic rings. The van der Waals surface area contributed by atoms with E-state index in [1.807, 2.05) is 0 Å². The van der Waals surface area contributed by atoms with Crippen molar-refractivity contribution in [2.75, 3.05) is 6.54 Å². The third-order valence-electron chi connectivity index (χ3n) is 2.64. The molecule has 2 rings (SSSR count). The van der Waals surface area contributed by atoms with Crippen molar-refractivity contribution in [2.24, 2.45) is 0 Å². The van der Waals surface area contributed by atoms with Crippen LogP contribution in [0.1, 0.15) is 26.2 Å². The molecule has 0 aliphatic heterocycles. The van der Waals surface area contributed by atoms with Crippen molar-refractivity contribution in [3.63, 3.8) is 0 Å². The van der Waals surface area contributed by atoms with Crippen molar-refractivity contribution in [1.82, 2.24) is 20.5 Å². The minimum absolute atomic E-state index is 0.129. The molecule has 2 heterocycles. The van der Waals surface area contributed by atoms with Crippen molar-refractivity contribution in [3.05, 3.63) is 34.6 Å². The van der Waals surface area contributed by atoms with Gasteiger partial charge in [0.05, 0.1) is 0 Å². The quantitative estimate of drug-likeness (QED) is 0.768. The lowest BCUT2D eigenvalue weighted by molar-refractivity contribution is 0.483. The fourth-order valence-corrected chi connectivity index (χ4v) is 1.68. The summed E-state index contributed by atoms with van der Waals surface area (Å²) in [5.74, 6) is 0.831. The van der Waals surface area contributed by atoms with Gasteiger partial charge < -0.3 is 14.7 Å².